The maximum absolute atomic E-state index is 6.23. The first-order valence-corrected chi connectivity index (χ1v) is 6.90. The molecule has 80 valence electrons. The number of hydrogen-bond acceptors (Lipinski definition) is 2. The average Bonchev–Trinajstić information content (AvgIpc) is 2.84. The zero-order valence-electron chi connectivity index (χ0n) is 8.91. The lowest BCUT2D eigenvalue weighted by Gasteiger charge is -2.14. The summed E-state index contributed by atoms with van der Waals surface area (Å²) < 4.78 is 0. The highest BCUT2D eigenvalue weighted by molar-refractivity contribution is 7.99. The van der Waals surface area contributed by atoms with Crippen molar-refractivity contribution >= 4 is 11.8 Å². The Hall–Kier alpha value is -0.470. The molecule has 1 nitrogen and oxygen atoms in total. The van der Waals surface area contributed by atoms with E-state index in [-0.39, 0.29) is 5.54 Å². The summed E-state index contributed by atoms with van der Waals surface area (Å²) >= 11 is 2.07. The van der Waals surface area contributed by atoms with Gasteiger partial charge in [0.05, 0.1) is 0 Å². The number of thioether (sulfide) groups is 1. The molecule has 0 aromatic heterocycles. The van der Waals surface area contributed by atoms with E-state index in [4.69, 9.17) is 5.73 Å². The summed E-state index contributed by atoms with van der Waals surface area (Å²) in [5.41, 5.74) is 9.13. The summed E-state index contributed by atoms with van der Waals surface area (Å²) in [5.74, 6) is 3.39. The summed E-state index contributed by atoms with van der Waals surface area (Å²) in [6, 6.07) is 8.99. The summed E-state index contributed by atoms with van der Waals surface area (Å²) in [6.07, 6.45) is 3.66. The SMILES string of the molecule is NC1(c2cccc(C3CCSC3)c2)CC1. The maximum atomic E-state index is 6.23. The Bertz CT molecular complexity index is 365. The van der Waals surface area contributed by atoms with E-state index in [0.29, 0.717) is 0 Å². The van der Waals surface area contributed by atoms with Crippen LogP contribution in [0.2, 0.25) is 0 Å². The third-order valence-corrected chi connectivity index (χ3v) is 4.81. The molecular weight excluding hydrogens is 202 g/mol. The smallest absolute Gasteiger partial charge is 0.0411 e. The maximum Gasteiger partial charge on any atom is 0.0411 e. The van der Waals surface area contributed by atoms with Gasteiger partial charge in [-0.25, -0.2) is 0 Å². The highest BCUT2D eigenvalue weighted by Crippen LogP contribution is 2.43. The third kappa shape index (κ3) is 1.81. The molecule has 2 N–H and O–H groups in total. The zero-order chi connectivity index (χ0) is 10.3. The molecule has 1 heterocycles. The quantitative estimate of drug-likeness (QED) is 0.827. The van der Waals surface area contributed by atoms with Gasteiger partial charge in [-0.05, 0) is 42.1 Å². The van der Waals surface area contributed by atoms with Crippen molar-refractivity contribution in [1.82, 2.24) is 0 Å². The molecule has 2 heteroatoms. The Morgan fingerprint density at radius 1 is 1.33 bits per heavy atom. The van der Waals surface area contributed by atoms with Crippen LogP contribution in [0.1, 0.15) is 36.3 Å². The van der Waals surface area contributed by atoms with Gasteiger partial charge in [-0.15, -0.1) is 0 Å². The summed E-state index contributed by atoms with van der Waals surface area (Å²) in [4.78, 5) is 0. The van der Waals surface area contributed by atoms with Crippen molar-refractivity contribution < 1.29 is 0 Å². The Morgan fingerprint density at radius 3 is 2.87 bits per heavy atom. The van der Waals surface area contributed by atoms with Crippen molar-refractivity contribution in [3.8, 4) is 0 Å². The van der Waals surface area contributed by atoms with Gasteiger partial charge < -0.3 is 5.73 Å². The number of rotatable bonds is 2. The van der Waals surface area contributed by atoms with Crippen LogP contribution in [0.15, 0.2) is 24.3 Å². The fraction of sp³-hybridized carbons (Fsp3) is 0.538. The van der Waals surface area contributed by atoms with Crippen LogP contribution in [-0.4, -0.2) is 11.5 Å². The topological polar surface area (TPSA) is 26.0 Å². The van der Waals surface area contributed by atoms with Gasteiger partial charge in [-0.3, -0.25) is 0 Å². The van der Waals surface area contributed by atoms with Gasteiger partial charge in [0.2, 0.25) is 0 Å². The minimum absolute atomic E-state index is 0.0295. The normalized spacial score (nSPS) is 27.9. The standard InChI is InChI=1S/C13H17NS/c14-13(5-6-13)12-3-1-2-10(8-12)11-4-7-15-9-11/h1-3,8,11H,4-7,9,14H2. The number of hydrogen-bond donors (Lipinski definition) is 1. The zero-order valence-corrected chi connectivity index (χ0v) is 9.72. The first-order chi connectivity index (χ1) is 7.28. The number of benzene rings is 1. The van der Waals surface area contributed by atoms with Crippen LogP contribution in [0.3, 0.4) is 0 Å². The summed E-state index contributed by atoms with van der Waals surface area (Å²) in [7, 11) is 0. The van der Waals surface area contributed by atoms with E-state index in [1.54, 1.807) is 0 Å². The molecule has 0 amide bonds. The molecule has 1 aromatic carbocycles. The highest BCUT2D eigenvalue weighted by atomic mass is 32.2. The molecule has 0 spiro atoms. The molecule has 2 fully saturated rings. The van der Waals surface area contributed by atoms with Crippen LogP contribution in [0.5, 0.6) is 0 Å². The van der Waals surface area contributed by atoms with Gasteiger partial charge in [0, 0.05) is 11.3 Å². The number of nitrogens with two attached hydrogens (primary N) is 1. The van der Waals surface area contributed by atoms with Gasteiger partial charge in [0.25, 0.3) is 0 Å². The Balaban J connectivity index is 1.89. The molecule has 0 bridgehead atoms. The largest absolute Gasteiger partial charge is 0.321 e. The van der Waals surface area contributed by atoms with Crippen LogP contribution in [0, 0.1) is 0 Å². The van der Waals surface area contributed by atoms with Crippen LogP contribution in [0.4, 0.5) is 0 Å². The second-order valence-electron chi connectivity index (χ2n) is 4.84. The second kappa shape index (κ2) is 3.53. The molecule has 15 heavy (non-hydrogen) atoms. The van der Waals surface area contributed by atoms with Gasteiger partial charge >= 0.3 is 0 Å². The predicted molar refractivity (Wildman–Crippen MR) is 66.2 cm³/mol. The van der Waals surface area contributed by atoms with Gasteiger partial charge in [0.1, 0.15) is 0 Å². The molecule has 3 rings (SSSR count). The molecule has 1 atom stereocenters. The minimum Gasteiger partial charge on any atom is -0.321 e. The van der Waals surface area contributed by atoms with E-state index >= 15 is 0 Å². The van der Waals surface area contributed by atoms with Crippen LogP contribution < -0.4 is 5.73 Å². The first-order valence-electron chi connectivity index (χ1n) is 5.75. The predicted octanol–water partition coefficient (Wildman–Crippen LogP) is 2.85. The molecule has 1 aromatic rings. The first kappa shape index (κ1) is 9.73. The summed E-state index contributed by atoms with van der Waals surface area (Å²) in [5, 5.41) is 0. The van der Waals surface area contributed by atoms with Crippen molar-refractivity contribution in [2.45, 2.75) is 30.7 Å². The molecule has 2 aliphatic rings. The van der Waals surface area contributed by atoms with Gasteiger partial charge in [0.15, 0.2) is 0 Å². The van der Waals surface area contributed by atoms with Gasteiger partial charge in [-0.1, -0.05) is 24.3 Å². The highest BCUT2D eigenvalue weighted by Gasteiger charge is 2.40. The molecule has 1 aliphatic carbocycles. The molecule has 1 aliphatic heterocycles. The van der Waals surface area contributed by atoms with Crippen molar-refractivity contribution in [2.75, 3.05) is 11.5 Å². The molecule has 1 unspecified atom stereocenters. The lowest BCUT2D eigenvalue weighted by Crippen LogP contribution is -2.18. The van der Waals surface area contributed by atoms with Crippen LogP contribution >= 0.6 is 11.8 Å². The van der Waals surface area contributed by atoms with E-state index in [1.165, 1.54) is 29.1 Å². The monoisotopic (exact) mass is 219 g/mol. The van der Waals surface area contributed by atoms with Crippen molar-refractivity contribution in [2.24, 2.45) is 5.73 Å². The fourth-order valence-corrected chi connectivity index (χ4v) is 3.58. The van der Waals surface area contributed by atoms with Crippen molar-refractivity contribution in [3.05, 3.63) is 35.4 Å². The van der Waals surface area contributed by atoms with Crippen molar-refractivity contribution in [1.29, 1.82) is 0 Å². The molecule has 1 saturated carbocycles. The molecular formula is C13H17NS. The Morgan fingerprint density at radius 2 is 2.20 bits per heavy atom. The van der Waals surface area contributed by atoms with Crippen LogP contribution in [-0.2, 0) is 5.54 Å². The van der Waals surface area contributed by atoms with E-state index < -0.39 is 0 Å². The lowest BCUT2D eigenvalue weighted by atomic mass is 9.94. The van der Waals surface area contributed by atoms with E-state index in [2.05, 4.69) is 36.0 Å². The lowest BCUT2D eigenvalue weighted by molar-refractivity contribution is 0.727. The minimum atomic E-state index is 0.0295. The van der Waals surface area contributed by atoms with E-state index in [0.717, 1.165) is 18.8 Å². The van der Waals surface area contributed by atoms with E-state index in [9.17, 15) is 0 Å². The van der Waals surface area contributed by atoms with E-state index in [1.807, 2.05) is 0 Å². The third-order valence-electron chi connectivity index (χ3n) is 3.65. The fourth-order valence-electron chi connectivity index (χ4n) is 2.32. The Kier molecular flexibility index (Phi) is 2.29. The molecule has 1 saturated heterocycles. The van der Waals surface area contributed by atoms with Crippen LogP contribution in [0.25, 0.3) is 0 Å². The molecule has 0 radical (unpaired) electrons. The summed E-state index contributed by atoms with van der Waals surface area (Å²) in [6.45, 7) is 0. The average molecular weight is 219 g/mol. The Labute approximate surface area is 95.4 Å². The second-order valence-corrected chi connectivity index (χ2v) is 5.99. The van der Waals surface area contributed by atoms with Crippen molar-refractivity contribution in [3.63, 3.8) is 0 Å². The van der Waals surface area contributed by atoms with Gasteiger partial charge in [-0.2, -0.15) is 11.8 Å².